The standard InChI is InChI=1S/C16H11F/c17-14-10-8-13(9-11-14)16-7-3-5-12-4-1-2-6-15(12)16/h1-11H. The molecule has 0 amide bonds. The Morgan fingerprint density at radius 3 is 2.18 bits per heavy atom. The molecule has 0 spiro atoms. The molecule has 0 bridgehead atoms. The highest BCUT2D eigenvalue weighted by Crippen LogP contribution is 2.28. The van der Waals surface area contributed by atoms with Crippen LogP contribution in [0.15, 0.2) is 66.7 Å². The smallest absolute Gasteiger partial charge is 0.123 e. The molecule has 82 valence electrons. The lowest BCUT2D eigenvalue weighted by atomic mass is 9.98. The van der Waals surface area contributed by atoms with Crippen LogP contribution >= 0.6 is 0 Å². The van der Waals surface area contributed by atoms with E-state index in [2.05, 4.69) is 24.3 Å². The second-order valence-corrected chi connectivity index (χ2v) is 4.03. The minimum Gasteiger partial charge on any atom is -0.207 e. The molecule has 0 aromatic heterocycles. The molecule has 0 unspecified atom stereocenters. The maximum atomic E-state index is 12.9. The summed E-state index contributed by atoms with van der Waals surface area (Å²) in [5, 5.41) is 2.40. The Morgan fingerprint density at radius 2 is 1.35 bits per heavy atom. The van der Waals surface area contributed by atoms with E-state index >= 15 is 0 Å². The first kappa shape index (κ1) is 10.0. The summed E-state index contributed by atoms with van der Waals surface area (Å²) >= 11 is 0. The molecule has 17 heavy (non-hydrogen) atoms. The van der Waals surface area contributed by atoms with Crippen molar-refractivity contribution in [2.24, 2.45) is 0 Å². The Bertz CT molecular complexity index is 648. The highest BCUT2D eigenvalue weighted by molar-refractivity contribution is 5.96. The molecule has 0 aliphatic heterocycles. The lowest BCUT2D eigenvalue weighted by Gasteiger charge is -2.06. The molecular formula is C16H11F. The SMILES string of the molecule is Fc1ccc(-c2cccc3ccccc23)cc1. The molecule has 0 N–H and O–H groups in total. The van der Waals surface area contributed by atoms with Crippen LogP contribution < -0.4 is 0 Å². The van der Waals surface area contributed by atoms with Crippen molar-refractivity contribution in [3.8, 4) is 11.1 Å². The van der Waals surface area contributed by atoms with Crippen molar-refractivity contribution >= 4 is 10.8 Å². The second-order valence-electron chi connectivity index (χ2n) is 4.03. The summed E-state index contributed by atoms with van der Waals surface area (Å²) in [5.41, 5.74) is 2.19. The predicted molar refractivity (Wildman–Crippen MR) is 69.3 cm³/mol. The van der Waals surface area contributed by atoms with Crippen LogP contribution in [0.25, 0.3) is 21.9 Å². The lowest BCUT2D eigenvalue weighted by molar-refractivity contribution is 0.628. The van der Waals surface area contributed by atoms with Crippen LogP contribution in [-0.2, 0) is 0 Å². The molecule has 0 nitrogen and oxygen atoms in total. The molecule has 0 atom stereocenters. The Kier molecular flexibility index (Phi) is 2.37. The van der Waals surface area contributed by atoms with Crippen LogP contribution in [0.1, 0.15) is 0 Å². The van der Waals surface area contributed by atoms with E-state index in [0.29, 0.717) is 0 Å². The molecule has 0 saturated heterocycles. The average molecular weight is 222 g/mol. The first-order valence-corrected chi connectivity index (χ1v) is 5.58. The van der Waals surface area contributed by atoms with Gasteiger partial charge in [-0.2, -0.15) is 0 Å². The Hall–Kier alpha value is -2.15. The predicted octanol–water partition coefficient (Wildman–Crippen LogP) is 4.65. The van der Waals surface area contributed by atoms with Gasteiger partial charge in [0.25, 0.3) is 0 Å². The fraction of sp³-hybridized carbons (Fsp3) is 0. The number of benzene rings is 3. The molecule has 0 heterocycles. The van der Waals surface area contributed by atoms with E-state index in [1.807, 2.05) is 30.3 Å². The minimum atomic E-state index is -0.200. The van der Waals surface area contributed by atoms with Crippen LogP contribution in [0.5, 0.6) is 0 Å². The zero-order valence-electron chi connectivity index (χ0n) is 9.23. The first-order valence-electron chi connectivity index (χ1n) is 5.58. The molecule has 0 saturated carbocycles. The van der Waals surface area contributed by atoms with E-state index in [-0.39, 0.29) is 5.82 Å². The van der Waals surface area contributed by atoms with Crippen molar-refractivity contribution in [1.82, 2.24) is 0 Å². The zero-order valence-corrected chi connectivity index (χ0v) is 9.23. The molecule has 3 aromatic rings. The Balaban J connectivity index is 2.27. The van der Waals surface area contributed by atoms with Crippen LogP contribution in [0.4, 0.5) is 4.39 Å². The molecule has 0 aliphatic carbocycles. The van der Waals surface area contributed by atoms with Gasteiger partial charge >= 0.3 is 0 Å². The summed E-state index contributed by atoms with van der Waals surface area (Å²) in [4.78, 5) is 0. The summed E-state index contributed by atoms with van der Waals surface area (Å²) < 4.78 is 12.9. The van der Waals surface area contributed by atoms with Gasteiger partial charge < -0.3 is 0 Å². The highest BCUT2D eigenvalue weighted by atomic mass is 19.1. The van der Waals surface area contributed by atoms with Crippen molar-refractivity contribution in [3.05, 3.63) is 72.5 Å². The van der Waals surface area contributed by atoms with E-state index in [4.69, 9.17) is 0 Å². The quantitative estimate of drug-likeness (QED) is 0.562. The van der Waals surface area contributed by atoms with E-state index in [1.54, 1.807) is 0 Å². The van der Waals surface area contributed by atoms with Gasteiger partial charge in [-0.05, 0) is 34.0 Å². The van der Waals surface area contributed by atoms with Gasteiger partial charge in [-0.25, -0.2) is 4.39 Å². The van der Waals surface area contributed by atoms with E-state index < -0.39 is 0 Å². The Labute approximate surface area is 99.3 Å². The number of rotatable bonds is 1. The van der Waals surface area contributed by atoms with Gasteiger partial charge in [-0.1, -0.05) is 54.6 Å². The first-order chi connectivity index (χ1) is 8.34. The number of hydrogen-bond acceptors (Lipinski definition) is 0. The molecule has 0 fully saturated rings. The van der Waals surface area contributed by atoms with Crippen LogP contribution in [0.2, 0.25) is 0 Å². The highest BCUT2D eigenvalue weighted by Gasteiger charge is 2.02. The maximum Gasteiger partial charge on any atom is 0.123 e. The molecule has 0 aliphatic rings. The molecular weight excluding hydrogens is 211 g/mol. The fourth-order valence-electron chi connectivity index (χ4n) is 2.11. The van der Waals surface area contributed by atoms with E-state index in [9.17, 15) is 4.39 Å². The van der Waals surface area contributed by atoms with Crippen molar-refractivity contribution in [3.63, 3.8) is 0 Å². The van der Waals surface area contributed by atoms with Crippen molar-refractivity contribution in [2.75, 3.05) is 0 Å². The van der Waals surface area contributed by atoms with E-state index in [1.165, 1.54) is 22.9 Å². The van der Waals surface area contributed by atoms with E-state index in [0.717, 1.165) is 11.1 Å². The fourth-order valence-corrected chi connectivity index (χ4v) is 2.11. The van der Waals surface area contributed by atoms with Gasteiger partial charge in [0, 0.05) is 0 Å². The third-order valence-electron chi connectivity index (χ3n) is 2.94. The summed E-state index contributed by atoms with van der Waals surface area (Å²) in [7, 11) is 0. The number of fused-ring (bicyclic) bond motifs is 1. The normalized spacial score (nSPS) is 10.6. The number of hydrogen-bond donors (Lipinski definition) is 0. The van der Waals surface area contributed by atoms with Crippen molar-refractivity contribution in [1.29, 1.82) is 0 Å². The van der Waals surface area contributed by atoms with Gasteiger partial charge in [0.15, 0.2) is 0 Å². The molecule has 0 radical (unpaired) electrons. The van der Waals surface area contributed by atoms with Gasteiger partial charge in [0.1, 0.15) is 5.82 Å². The largest absolute Gasteiger partial charge is 0.207 e. The van der Waals surface area contributed by atoms with Gasteiger partial charge in [-0.15, -0.1) is 0 Å². The topological polar surface area (TPSA) is 0 Å². The average Bonchev–Trinajstić information content (AvgIpc) is 2.39. The number of halogens is 1. The van der Waals surface area contributed by atoms with Crippen molar-refractivity contribution in [2.45, 2.75) is 0 Å². The Morgan fingerprint density at radius 1 is 0.647 bits per heavy atom. The molecule has 3 aromatic carbocycles. The van der Waals surface area contributed by atoms with Crippen LogP contribution in [0.3, 0.4) is 0 Å². The third kappa shape index (κ3) is 1.80. The minimum absolute atomic E-state index is 0.200. The van der Waals surface area contributed by atoms with Crippen LogP contribution in [0, 0.1) is 5.82 Å². The zero-order chi connectivity index (χ0) is 11.7. The lowest BCUT2D eigenvalue weighted by Crippen LogP contribution is -1.81. The summed E-state index contributed by atoms with van der Waals surface area (Å²) in [6, 6.07) is 21.0. The maximum absolute atomic E-state index is 12.9. The van der Waals surface area contributed by atoms with Gasteiger partial charge in [-0.3, -0.25) is 0 Å². The van der Waals surface area contributed by atoms with Crippen molar-refractivity contribution < 1.29 is 4.39 Å². The monoisotopic (exact) mass is 222 g/mol. The summed E-state index contributed by atoms with van der Waals surface area (Å²) in [5.74, 6) is -0.200. The third-order valence-corrected chi connectivity index (χ3v) is 2.94. The second kappa shape index (κ2) is 4.02. The summed E-state index contributed by atoms with van der Waals surface area (Å²) in [6.07, 6.45) is 0. The molecule has 1 heteroatoms. The van der Waals surface area contributed by atoms with Crippen LogP contribution in [-0.4, -0.2) is 0 Å². The van der Waals surface area contributed by atoms with Gasteiger partial charge in [0.2, 0.25) is 0 Å². The van der Waals surface area contributed by atoms with Gasteiger partial charge in [0.05, 0.1) is 0 Å². The molecule has 3 rings (SSSR count). The summed E-state index contributed by atoms with van der Waals surface area (Å²) in [6.45, 7) is 0.